The van der Waals surface area contributed by atoms with Crippen LogP contribution in [0.1, 0.15) is 72.6 Å². The first-order chi connectivity index (χ1) is 10.6. The number of aliphatic hydroxyl groups is 2. The Hall–Kier alpha value is 0.400. The third-order valence-electron chi connectivity index (χ3n) is 8.88. The molecule has 0 aromatic carbocycles. The molecule has 4 saturated carbocycles. The maximum Gasteiger partial charge on any atom is 0.0731 e. The van der Waals surface area contributed by atoms with Crippen LogP contribution in [-0.2, 0) is 0 Å². The van der Waals surface area contributed by atoms with E-state index in [9.17, 15) is 10.2 Å². The predicted octanol–water partition coefficient (Wildman–Crippen LogP) is 4.51. The summed E-state index contributed by atoms with van der Waals surface area (Å²) in [6.07, 6.45) is 7.66. The first-order valence-electron chi connectivity index (χ1n) is 9.66. The lowest BCUT2D eigenvalue weighted by atomic mass is 9.42. The van der Waals surface area contributed by atoms with E-state index >= 15 is 0 Å². The Bertz CT molecular complexity index is 518. The number of fused-ring (bicyclic) bond motifs is 3. The van der Waals surface area contributed by atoms with Crippen LogP contribution in [-0.4, -0.2) is 26.2 Å². The van der Waals surface area contributed by atoms with Crippen LogP contribution in [0.15, 0.2) is 0 Å². The number of hydrogen-bond acceptors (Lipinski definition) is 2. The molecule has 2 bridgehead atoms. The van der Waals surface area contributed by atoms with Gasteiger partial charge in [0.15, 0.2) is 0 Å². The average molecular weight is 385 g/mol. The minimum atomic E-state index is -0.584. The molecular weight excluding hydrogens is 352 g/mol. The Labute approximate surface area is 149 Å². The molecule has 23 heavy (non-hydrogen) atoms. The fourth-order valence-corrected chi connectivity index (χ4v) is 8.65. The van der Waals surface area contributed by atoms with Crippen LogP contribution in [0.4, 0.5) is 0 Å². The summed E-state index contributed by atoms with van der Waals surface area (Å²) in [4.78, 5) is 0.504. The SMILES string of the molecule is CC(C)C1(O)CC2CC3C4C(C)(O)CCC(Br)C4(C)CCC31C2. The molecule has 0 aromatic heterocycles. The summed E-state index contributed by atoms with van der Waals surface area (Å²) in [7, 11) is 0. The van der Waals surface area contributed by atoms with E-state index in [2.05, 4.69) is 43.6 Å². The quantitative estimate of drug-likeness (QED) is 0.652. The standard InChI is InChI=1S/C20H33BrO2/c1-12(2)20(23)11-13-9-14-16-17(3,7-8-19(14,20)10-13)15(21)5-6-18(16,4)22/h12-16,22-23H,5-11H2,1-4H3. The second kappa shape index (κ2) is 4.76. The lowest BCUT2D eigenvalue weighted by Gasteiger charge is -2.65. The van der Waals surface area contributed by atoms with Crippen LogP contribution >= 0.6 is 15.9 Å². The Morgan fingerprint density at radius 1 is 1.04 bits per heavy atom. The number of alkyl halides is 1. The Balaban J connectivity index is 1.81. The van der Waals surface area contributed by atoms with Crippen molar-refractivity contribution in [1.82, 2.24) is 0 Å². The number of halogens is 1. The fraction of sp³-hybridized carbons (Fsp3) is 1.00. The van der Waals surface area contributed by atoms with E-state index in [4.69, 9.17) is 0 Å². The normalized spacial score (nSPS) is 61.6. The van der Waals surface area contributed by atoms with Gasteiger partial charge in [0.25, 0.3) is 0 Å². The largest absolute Gasteiger partial charge is 0.390 e. The van der Waals surface area contributed by atoms with E-state index in [1.807, 2.05) is 0 Å². The lowest BCUT2D eigenvalue weighted by Crippen LogP contribution is -2.66. The van der Waals surface area contributed by atoms with Gasteiger partial charge in [-0.15, -0.1) is 0 Å². The monoisotopic (exact) mass is 384 g/mol. The van der Waals surface area contributed by atoms with Crippen molar-refractivity contribution in [1.29, 1.82) is 0 Å². The Kier molecular flexibility index (Phi) is 3.49. The van der Waals surface area contributed by atoms with Crippen LogP contribution in [0.2, 0.25) is 0 Å². The molecule has 2 N–H and O–H groups in total. The van der Waals surface area contributed by atoms with E-state index in [1.54, 1.807) is 0 Å². The van der Waals surface area contributed by atoms with Gasteiger partial charge in [-0.3, -0.25) is 0 Å². The summed E-state index contributed by atoms with van der Waals surface area (Å²) < 4.78 is 0. The van der Waals surface area contributed by atoms with Crippen LogP contribution in [0, 0.1) is 34.5 Å². The second-order valence-corrected chi connectivity index (χ2v) is 11.3. The first-order valence-corrected chi connectivity index (χ1v) is 10.6. The molecule has 4 aliphatic rings. The molecule has 0 radical (unpaired) electrons. The molecule has 0 aliphatic heterocycles. The zero-order chi connectivity index (χ0) is 16.8. The highest BCUT2D eigenvalue weighted by molar-refractivity contribution is 9.09. The van der Waals surface area contributed by atoms with Crippen molar-refractivity contribution in [3.05, 3.63) is 0 Å². The summed E-state index contributed by atoms with van der Waals surface area (Å²) >= 11 is 3.97. The van der Waals surface area contributed by atoms with Crippen molar-refractivity contribution in [2.45, 2.75) is 88.7 Å². The zero-order valence-corrected chi connectivity index (χ0v) is 16.7. The highest BCUT2D eigenvalue weighted by atomic mass is 79.9. The minimum Gasteiger partial charge on any atom is -0.390 e. The molecular formula is C20H33BrO2. The number of rotatable bonds is 1. The highest BCUT2D eigenvalue weighted by Gasteiger charge is 2.73. The molecule has 0 heterocycles. The van der Waals surface area contributed by atoms with Gasteiger partial charge in [0.05, 0.1) is 11.2 Å². The van der Waals surface area contributed by atoms with Crippen molar-refractivity contribution in [2.24, 2.45) is 34.5 Å². The van der Waals surface area contributed by atoms with E-state index in [0.29, 0.717) is 28.5 Å². The molecule has 4 aliphatic carbocycles. The summed E-state index contributed by atoms with van der Waals surface area (Å²) in [5.74, 6) is 1.79. The van der Waals surface area contributed by atoms with E-state index in [-0.39, 0.29) is 10.8 Å². The van der Waals surface area contributed by atoms with Crippen molar-refractivity contribution < 1.29 is 10.2 Å². The maximum atomic E-state index is 11.7. The van der Waals surface area contributed by atoms with Crippen molar-refractivity contribution >= 4 is 15.9 Å². The van der Waals surface area contributed by atoms with Gasteiger partial charge in [-0.05, 0) is 81.0 Å². The average Bonchev–Trinajstić information content (AvgIpc) is 2.94. The third kappa shape index (κ3) is 1.88. The Morgan fingerprint density at radius 2 is 1.74 bits per heavy atom. The van der Waals surface area contributed by atoms with Gasteiger partial charge in [-0.2, -0.15) is 0 Å². The van der Waals surface area contributed by atoms with Crippen LogP contribution < -0.4 is 0 Å². The van der Waals surface area contributed by atoms with Crippen molar-refractivity contribution in [2.75, 3.05) is 0 Å². The number of hydrogen-bond donors (Lipinski definition) is 2. The molecule has 4 fully saturated rings. The third-order valence-corrected chi connectivity index (χ3v) is 10.4. The van der Waals surface area contributed by atoms with E-state index in [0.717, 1.165) is 32.1 Å². The van der Waals surface area contributed by atoms with Gasteiger partial charge in [0.2, 0.25) is 0 Å². The summed E-state index contributed by atoms with van der Waals surface area (Å²) in [6, 6.07) is 0. The molecule has 8 atom stereocenters. The first kappa shape index (κ1) is 16.8. The fourth-order valence-electron chi connectivity index (χ4n) is 7.91. The zero-order valence-electron chi connectivity index (χ0n) is 15.1. The molecule has 0 amide bonds. The summed E-state index contributed by atoms with van der Waals surface area (Å²) in [6.45, 7) is 8.88. The summed E-state index contributed by atoms with van der Waals surface area (Å²) in [5.41, 5.74) is -0.874. The molecule has 0 aromatic rings. The maximum absolute atomic E-state index is 11.7. The molecule has 8 unspecified atom stereocenters. The van der Waals surface area contributed by atoms with Gasteiger partial charge in [0.1, 0.15) is 0 Å². The van der Waals surface area contributed by atoms with E-state index in [1.165, 1.54) is 12.8 Å². The van der Waals surface area contributed by atoms with E-state index < -0.39 is 11.2 Å². The van der Waals surface area contributed by atoms with Crippen LogP contribution in [0.3, 0.4) is 0 Å². The van der Waals surface area contributed by atoms with Gasteiger partial charge in [-0.25, -0.2) is 0 Å². The molecule has 0 saturated heterocycles. The molecule has 2 nitrogen and oxygen atoms in total. The minimum absolute atomic E-state index is 0.0596. The topological polar surface area (TPSA) is 40.5 Å². The van der Waals surface area contributed by atoms with Gasteiger partial charge >= 0.3 is 0 Å². The van der Waals surface area contributed by atoms with Gasteiger partial charge in [0, 0.05) is 10.2 Å². The van der Waals surface area contributed by atoms with Crippen LogP contribution in [0.5, 0.6) is 0 Å². The lowest BCUT2D eigenvalue weighted by molar-refractivity contribution is -0.225. The predicted molar refractivity (Wildman–Crippen MR) is 96.5 cm³/mol. The smallest absolute Gasteiger partial charge is 0.0731 e. The Morgan fingerprint density at radius 3 is 2.39 bits per heavy atom. The van der Waals surface area contributed by atoms with Gasteiger partial charge < -0.3 is 10.2 Å². The summed E-state index contributed by atoms with van der Waals surface area (Å²) in [5, 5.41) is 23.0. The van der Waals surface area contributed by atoms with Crippen molar-refractivity contribution in [3.63, 3.8) is 0 Å². The molecule has 3 heteroatoms. The molecule has 4 rings (SSSR count). The molecule has 1 spiro atoms. The van der Waals surface area contributed by atoms with Crippen molar-refractivity contribution in [3.8, 4) is 0 Å². The van der Waals surface area contributed by atoms with Gasteiger partial charge in [-0.1, -0.05) is 36.7 Å². The van der Waals surface area contributed by atoms with Crippen LogP contribution in [0.25, 0.3) is 0 Å². The highest BCUT2D eigenvalue weighted by Crippen LogP contribution is 2.75. The second-order valence-electron chi connectivity index (χ2n) is 10.2. The molecule has 132 valence electrons.